The van der Waals surface area contributed by atoms with Crippen LogP contribution in [-0.2, 0) is 33.4 Å². The molecule has 0 spiro atoms. The summed E-state index contributed by atoms with van der Waals surface area (Å²) in [7, 11) is 0. The normalized spacial score (nSPS) is 17.8. The van der Waals surface area contributed by atoms with Crippen LogP contribution in [-0.4, -0.2) is 40.7 Å². The summed E-state index contributed by atoms with van der Waals surface area (Å²) in [6, 6.07) is 6.31. The van der Waals surface area contributed by atoms with Crippen LogP contribution in [0, 0.1) is 5.82 Å². The first-order valence-corrected chi connectivity index (χ1v) is 11.4. The number of nitrogens with one attached hydrogen (secondary N) is 2. The van der Waals surface area contributed by atoms with Crippen molar-refractivity contribution >= 4 is 23.6 Å². The van der Waals surface area contributed by atoms with E-state index in [4.69, 9.17) is 4.74 Å². The molecule has 0 aromatic heterocycles. The molecule has 2 aromatic rings. The lowest BCUT2D eigenvalue weighted by molar-refractivity contribution is -0.147. The van der Waals surface area contributed by atoms with Gasteiger partial charge >= 0.3 is 5.92 Å². The number of piperidine rings is 1. The molecule has 36 heavy (non-hydrogen) atoms. The van der Waals surface area contributed by atoms with Gasteiger partial charge in [0.15, 0.2) is 0 Å². The van der Waals surface area contributed by atoms with Gasteiger partial charge in [-0.15, -0.1) is 0 Å². The highest BCUT2D eigenvalue weighted by molar-refractivity contribution is 6.05. The molecule has 0 aliphatic carbocycles. The molecule has 1 atom stereocenters. The third kappa shape index (κ3) is 4.91. The van der Waals surface area contributed by atoms with Crippen molar-refractivity contribution in [2.75, 3.05) is 0 Å². The number of fused-ring (bicyclic) bond motifs is 1. The monoisotopic (exact) mass is 503 g/mol. The van der Waals surface area contributed by atoms with E-state index in [-0.39, 0.29) is 31.8 Å². The van der Waals surface area contributed by atoms with Crippen molar-refractivity contribution in [3.63, 3.8) is 0 Å². The molecule has 0 radical (unpaired) electrons. The van der Waals surface area contributed by atoms with Crippen molar-refractivity contribution in [2.45, 2.75) is 57.8 Å². The van der Waals surface area contributed by atoms with Gasteiger partial charge in [-0.1, -0.05) is 12.1 Å². The minimum Gasteiger partial charge on any atom is -0.490 e. The average Bonchev–Trinajstić information content (AvgIpc) is 3.12. The highest BCUT2D eigenvalue weighted by Gasteiger charge is 2.44. The number of nitrogens with zero attached hydrogens (tertiary/aromatic N) is 1. The Morgan fingerprint density at radius 1 is 1.19 bits per heavy atom. The first-order chi connectivity index (χ1) is 17.0. The fourth-order valence-electron chi connectivity index (χ4n) is 4.26. The summed E-state index contributed by atoms with van der Waals surface area (Å²) in [5, 5.41) is 4.41. The molecule has 0 saturated carbocycles. The van der Waals surface area contributed by atoms with Crippen LogP contribution in [0.1, 0.15) is 53.7 Å². The van der Waals surface area contributed by atoms with Crippen molar-refractivity contribution in [3.05, 3.63) is 64.5 Å². The molecule has 1 unspecified atom stereocenters. The third-order valence-corrected chi connectivity index (χ3v) is 5.97. The Morgan fingerprint density at radius 3 is 2.64 bits per heavy atom. The standard InChI is InChI=1S/C25H24F3N3O5/c1-13(2)36-20-10-16(26)4-6-18(20)25(27,28)24(35)29-11-14-3-5-17-15(9-14)12-31(23(17)34)19-7-8-21(32)30-22(19)33/h3-6,9-10,13,19H,7-8,11-12H2,1-2H3,(H,29,35)(H,30,32,33). The Bertz CT molecular complexity index is 1250. The van der Waals surface area contributed by atoms with Crippen LogP contribution in [0.25, 0.3) is 0 Å². The first kappa shape index (κ1) is 25.2. The highest BCUT2D eigenvalue weighted by atomic mass is 19.3. The summed E-state index contributed by atoms with van der Waals surface area (Å²) in [6.07, 6.45) is -0.174. The van der Waals surface area contributed by atoms with Gasteiger partial charge in [0.2, 0.25) is 11.8 Å². The predicted molar refractivity (Wildman–Crippen MR) is 120 cm³/mol. The molecule has 2 heterocycles. The Hall–Kier alpha value is -3.89. The number of hydrogen-bond donors (Lipinski definition) is 2. The highest BCUT2D eigenvalue weighted by Crippen LogP contribution is 2.36. The lowest BCUT2D eigenvalue weighted by atomic mass is 10.0. The van der Waals surface area contributed by atoms with E-state index >= 15 is 0 Å². The quantitative estimate of drug-likeness (QED) is 0.566. The fraction of sp³-hybridized carbons (Fsp3) is 0.360. The molecule has 2 aliphatic heterocycles. The summed E-state index contributed by atoms with van der Waals surface area (Å²) in [4.78, 5) is 50.1. The van der Waals surface area contributed by atoms with Gasteiger partial charge in [-0.2, -0.15) is 8.78 Å². The maximum absolute atomic E-state index is 15.0. The molecular weight excluding hydrogens is 479 g/mol. The summed E-state index contributed by atoms with van der Waals surface area (Å²) in [6.45, 7) is 3.04. The van der Waals surface area contributed by atoms with Gasteiger partial charge in [-0.25, -0.2) is 4.39 Å². The molecule has 8 nitrogen and oxygen atoms in total. The summed E-state index contributed by atoms with van der Waals surface area (Å²) >= 11 is 0. The number of ether oxygens (including phenoxy) is 1. The summed E-state index contributed by atoms with van der Waals surface area (Å²) < 4.78 is 48.8. The molecule has 0 bridgehead atoms. The van der Waals surface area contributed by atoms with Crippen LogP contribution in [0.2, 0.25) is 0 Å². The largest absolute Gasteiger partial charge is 0.490 e. The predicted octanol–water partition coefficient (Wildman–Crippen LogP) is 2.78. The number of carbonyl (C=O) groups excluding carboxylic acids is 4. The SMILES string of the molecule is CC(C)Oc1cc(F)ccc1C(F)(F)C(=O)NCc1ccc2c(c1)CN(C1CCC(=O)NC1=O)C2=O. The number of halogens is 3. The molecule has 190 valence electrons. The number of benzene rings is 2. The average molecular weight is 503 g/mol. The number of imide groups is 1. The molecule has 1 fully saturated rings. The Kier molecular flexibility index (Phi) is 6.75. The van der Waals surface area contributed by atoms with Gasteiger partial charge < -0.3 is 15.0 Å². The van der Waals surface area contributed by atoms with Crippen LogP contribution < -0.4 is 15.4 Å². The molecule has 2 aliphatic rings. The number of alkyl halides is 2. The van der Waals surface area contributed by atoms with Crippen molar-refractivity contribution < 1.29 is 37.1 Å². The second kappa shape index (κ2) is 9.63. The Morgan fingerprint density at radius 2 is 1.94 bits per heavy atom. The van der Waals surface area contributed by atoms with Crippen molar-refractivity contribution in [1.82, 2.24) is 15.5 Å². The van der Waals surface area contributed by atoms with Crippen LogP contribution >= 0.6 is 0 Å². The molecule has 11 heteroatoms. The maximum Gasteiger partial charge on any atom is 0.353 e. The summed E-state index contributed by atoms with van der Waals surface area (Å²) in [5.41, 5.74) is 0.652. The third-order valence-electron chi connectivity index (χ3n) is 5.97. The minimum absolute atomic E-state index is 0.115. The molecule has 4 rings (SSSR count). The smallest absolute Gasteiger partial charge is 0.353 e. The van der Waals surface area contributed by atoms with Crippen molar-refractivity contribution in [1.29, 1.82) is 0 Å². The van der Waals surface area contributed by atoms with E-state index in [0.717, 1.165) is 18.2 Å². The van der Waals surface area contributed by atoms with Crippen molar-refractivity contribution in [2.24, 2.45) is 0 Å². The van der Waals surface area contributed by atoms with Gasteiger partial charge in [0.1, 0.15) is 17.6 Å². The number of rotatable bonds is 7. The van der Waals surface area contributed by atoms with Crippen LogP contribution in [0.15, 0.2) is 36.4 Å². The van der Waals surface area contributed by atoms with Crippen LogP contribution in [0.5, 0.6) is 5.75 Å². The zero-order valence-corrected chi connectivity index (χ0v) is 19.6. The number of hydrogen-bond acceptors (Lipinski definition) is 5. The van der Waals surface area contributed by atoms with Gasteiger partial charge in [0.05, 0.1) is 11.7 Å². The van der Waals surface area contributed by atoms with Gasteiger partial charge in [-0.05, 0) is 49.6 Å². The molecule has 2 aromatic carbocycles. The lowest BCUT2D eigenvalue weighted by Gasteiger charge is -2.29. The van der Waals surface area contributed by atoms with Gasteiger partial charge in [0.25, 0.3) is 11.8 Å². The fourth-order valence-corrected chi connectivity index (χ4v) is 4.26. The molecular formula is C25H24F3N3O5. The van der Waals surface area contributed by atoms with E-state index in [0.29, 0.717) is 16.7 Å². The molecule has 2 N–H and O–H groups in total. The van der Waals surface area contributed by atoms with E-state index in [9.17, 15) is 32.3 Å². The number of amides is 4. The Balaban J connectivity index is 1.46. The molecule has 1 saturated heterocycles. The van der Waals surface area contributed by atoms with E-state index in [2.05, 4.69) is 10.6 Å². The van der Waals surface area contributed by atoms with E-state index in [1.165, 1.54) is 17.0 Å². The minimum atomic E-state index is -3.99. The second-order valence-electron chi connectivity index (χ2n) is 8.96. The second-order valence-corrected chi connectivity index (χ2v) is 8.96. The number of carbonyl (C=O) groups is 4. The molecule has 4 amide bonds. The van der Waals surface area contributed by atoms with E-state index < -0.39 is 52.9 Å². The topological polar surface area (TPSA) is 105 Å². The van der Waals surface area contributed by atoms with Crippen molar-refractivity contribution in [3.8, 4) is 5.75 Å². The van der Waals surface area contributed by atoms with Gasteiger partial charge in [0, 0.05) is 31.1 Å². The van der Waals surface area contributed by atoms with Crippen LogP contribution in [0.4, 0.5) is 13.2 Å². The Labute approximate surface area is 204 Å². The van der Waals surface area contributed by atoms with E-state index in [1.807, 2.05) is 0 Å². The lowest BCUT2D eigenvalue weighted by Crippen LogP contribution is -2.52. The van der Waals surface area contributed by atoms with Crippen LogP contribution in [0.3, 0.4) is 0 Å². The van der Waals surface area contributed by atoms with Gasteiger partial charge in [-0.3, -0.25) is 24.5 Å². The zero-order chi connectivity index (χ0) is 26.2. The first-order valence-electron chi connectivity index (χ1n) is 11.4. The van der Waals surface area contributed by atoms with E-state index in [1.54, 1.807) is 19.9 Å². The zero-order valence-electron chi connectivity index (χ0n) is 19.6. The summed E-state index contributed by atoms with van der Waals surface area (Å²) in [5.74, 6) is -8.07. The maximum atomic E-state index is 15.0.